The number of carbonyl (C=O) groups is 2. The minimum Gasteiger partial charge on any atom is -0.326 e. The second-order valence-corrected chi connectivity index (χ2v) is 5.72. The SMILES string of the molecule is Cc1cc(NC(=O)CC(=O)Nc2ccc(F)c(F)c2)ccc1Br. The van der Waals surface area contributed by atoms with Gasteiger partial charge < -0.3 is 10.6 Å². The Bertz CT molecular complexity index is 702. The third-order valence-corrected chi connectivity index (χ3v) is 3.86. The van der Waals surface area contributed by atoms with E-state index in [0.717, 1.165) is 22.2 Å². The predicted octanol–water partition coefficient (Wildman–Crippen LogP) is 4.00. The number of hydrogen-bond donors (Lipinski definition) is 2. The van der Waals surface area contributed by atoms with Crippen molar-refractivity contribution >= 4 is 39.1 Å². The molecule has 120 valence electrons. The zero-order chi connectivity index (χ0) is 17.0. The first-order chi connectivity index (χ1) is 10.8. The van der Waals surface area contributed by atoms with Crippen LogP contribution in [0.2, 0.25) is 0 Å². The monoisotopic (exact) mass is 382 g/mol. The fourth-order valence-corrected chi connectivity index (χ4v) is 2.10. The van der Waals surface area contributed by atoms with Gasteiger partial charge >= 0.3 is 0 Å². The highest BCUT2D eigenvalue weighted by atomic mass is 79.9. The van der Waals surface area contributed by atoms with Crippen LogP contribution in [0.5, 0.6) is 0 Å². The highest BCUT2D eigenvalue weighted by Crippen LogP contribution is 2.20. The molecule has 0 aliphatic carbocycles. The van der Waals surface area contributed by atoms with Crippen molar-refractivity contribution in [3.63, 3.8) is 0 Å². The van der Waals surface area contributed by atoms with Gasteiger partial charge in [-0.3, -0.25) is 9.59 Å². The molecule has 23 heavy (non-hydrogen) atoms. The van der Waals surface area contributed by atoms with Crippen LogP contribution in [0, 0.1) is 18.6 Å². The molecular weight excluding hydrogens is 370 g/mol. The van der Waals surface area contributed by atoms with Crippen molar-refractivity contribution in [2.24, 2.45) is 0 Å². The lowest BCUT2D eigenvalue weighted by molar-refractivity contribution is -0.123. The molecule has 7 heteroatoms. The molecule has 4 nitrogen and oxygen atoms in total. The summed E-state index contributed by atoms with van der Waals surface area (Å²) in [7, 11) is 0. The first-order valence-electron chi connectivity index (χ1n) is 6.66. The molecule has 0 saturated carbocycles. The summed E-state index contributed by atoms with van der Waals surface area (Å²) in [5.74, 6) is -3.21. The van der Waals surface area contributed by atoms with Crippen LogP contribution in [0.1, 0.15) is 12.0 Å². The number of amides is 2. The van der Waals surface area contributed by atoms with E-state index in [1.807, 2.05) is 6.92 Å². The van der Waals surface area contributed by atoms with Gasteiger partial charge in [0.1, 0.15) is 6.42 Å². The highest BCUT2D eigenvalue weighted by molar-refractivity contribution is 9.10. The molecule has 0 unspecified atom stereocenters. The summed E-state index contributed by atoms with van der Waals surface area (Å²) in [6.45, 7) is 1.87. The smallest absolute Gasteiger partial charge is 0.233 e. The van der Waals surface area contributed by atoms with Gasteiger partial charge in [0.25, 0.3) is 0 Å². The Labute approximate surface area is 140 Å². The van der Waals surface area contributed by atoms with E-state index in [0.29, 0.717) is 5.69 Å². The lowest BCUT2D eigenvalue weighted by Gasteiger charge is -2.08. The molecule has 0 heterocycles. The van der Waals surface area contributed by atoms with E-state index in [1.54, 1.807) is 18.2 Å². The molecule has 0 fully saturated rings. The van der Waals surface area contributed by atoms with Crippen LogP contribution in [0.3, 0.4) is 0 Å². The lowest BCUT2D eigenvalue weighted by Crippen LogP contribution is -2.21. The first kappa shape index (κ1) is 17.1. The van der Waals surface area contributed by atoms with Crippen molar-refractivity contribution in [3.8, 4) is 0 Å². The summed E-state index contributed by atoms with van der Waals surface area (Å²) in [4.78, 5) is 23.5. The standard InChI is InChI=1S/C16H13BrF2N2O2/c1-9-6-10(2-4-12(9)17)20-15(22)8-16(23)21-11-3-5-13(18)14(19)7-11/h2-7H,8H2,1H3,(H,20,22)(H,21,23). The molecule has 2 rings (SSSR count). The summed E-state index contributed by atoms with van der Waals surface area (Å²) in [5, 5.41) is 4.93. The van der Waals surface area contributed by atoms with E-state index in [4.69, 9.17) is 0 Å². The number of benzene rings is 2. The molecular formula is C16H13BrF2N2O2. The third-order valence-electron chi connectivity index (χ3n) is 2.97. The lowest BCUT2D eigenvalue weighted by atomic mass is 10.2. The summed E-state index contributed by atoms with van der Waals surface area (Å²) in [5.41, 5.74) is 1.59. The van der Waals surface area contributed by atoms with Crippen molar-refractivity contribution in [1.29, 1.82) is 0 Å². The van der Waals surface area contributed by atoms with Crippen LogP contribution in [0.4, 0.5) is 20.2 Å². The van der Waals surface area contributed by atoms with Gasteiger partial charge in [0.05, 0.1) is 0 Å². The summed E-state index contributed by atoms with van der Waals surface area (Å²) < 4.78 is 26.7. The Hall–Kier alpha value is -2.28. The zero-order valence-electron chi connectivity index (χ0n) is 12.1. The maximum absolute atomic E-state index is 13.0. The maximum atomic E-state index is 13.0. The molecule has 0 aromatic heterocycles. The zero-order valence-corrected chi connectivity index (χ0v) is 13.7. The van der Waals surface area contributed by atoms with Gasteiger partial charge in [0.15, 0.2) is 11.6 Å². The molecule has 0 aliphatic heterocycles. The molecule has 2 aromatic carbocycles. The normalized spacial score (nSPS) is 10.3. The number of aryl methyl sites for hydroxylation is 1. The summed E-state index contributed by atoms with van der Waals surface area (Å²) >= 11 is 3.35. The van der Waals surface area contributed by atoms with Gasteiger partial charge in [-0.25, -0.2) is 8.78 Å². The third kappa shape index (κ3) is 4.85. The number of rotatable bonds is 4. The van der Waals surface area contributed by atoms with Gasteiger partial charge in [-0.1, -0.05) is 15.9 Å². The van der Waals surface area contributed by atoms with Crippen molar-refractivity contribution < 1.29 is 18.4 Å². The van der Waals surface area contributed by atoms with Gasteiger partial charge in [-0.15, -0.1) is 0 Å². The Morgan fingerprint density at radius 3 is 2.09 bits per heavy atom. The molecule has 0 aliphatic rings. The fourth-order valence-electron chi connectivity index (χ4n) is 1.85. The summed E-state index contributed by atoms with van der Waals surface area (Å²) in [6, 6.07) is 8.20. The van der Waals surface area contributed by atoms with E-state index >= 15 is 0 Å². The molecule has 0 bridgehead atoms. The van der Waals surface area contributed by atoms with Crippen LogP contribution in [0.25, 0.3) is 0 Å². The fraction of sp³-hybridized carbons (Fsp3) is 0.125. The molecule has 2 aromatic rings. The van der Waals surface area contributed by atoms with Crippen LogP contribution >= 0.6 is 15.9 Å². The average Bonchev–Trinajstić information content (AvgIpc) is 2.46. The highest BCUT2D eigenvalue weighted by Gasteiger charge is 2.11. The summed E-state index contributed by atoms with van der Waals surface area (Å²) in [6.07, 6.45) is -0.436. The molecule has 0 spiro atoms. The molecule has 0 atom stereocenters. The first-order valence-corrected chi connectivity index (χ1v) is 7.45. The van der Waals surface area contributed by atoms with Gasteiger partial charge in [-0.2, -0.15) is 0 Å². The predicted molar refractivity (Wildman–Crippen MR) is 87.1 cm³/mol. The van der Waals surface area contributed by atoms with E-state index < -0.39 is 29.9 Å². The van der Waals surface area contributed by atoms with E-state index in [9.17, 15) is 18.4 Å². The largest absolute Gasteiger partial charge is 0.326 e. The van der Waals surface area contributed by atoms with Gasteiger partial charge in [0.2, 0.25) is 11.8 Å². The number of anilines is 2. The second-order valence-electron chi connectivity index (χ2n) is 4.87. The number of halogens is 3. The van der Waals surface area contributed by atoms with Crippen molar-refractivity contribution in [2.75, 3.05) is 10.6 Å². The van der Waals surface area contributed by atoms with Crippen molar-refractivity contribution in [3.05, 3.63) is 58.1 Å². The molecule has 0 radical (unpaired) electrons. The van der Waals surface area contributed by atoms with Crippen LogP contribution in [-0.2, 0) is 9.59 Å². The van der Waals surface area contributed by atoms with Gasteiger partial charge in [-0.05, 0) is 42.8 Å². The van der Waals surface area contributed by atoms with Gasteiger partial charge in [0, 0.05) is 21.9 Å². The topological polar surface area (TPSA) is 58.2 Å². The van der Waals surface area contributed by atoms with E-state index in [2.05, 4.69) is 26.6 Å². The quantitative estimate of drug-likeness (QED) is 0.785. The number of nitrogens with one attached hydrogen (secondary N) is 2. The van der Waals surface area contributed by atoms with Crippen molar-refractivity contribution in [1.82, 2.24) is 0 Å². The maximum Gasteiger partial charge on any atom is 0.233 e. The number of carbonyl (C=O) groups excluding carboxylic acids is 2. The average molecular weight is 383 g/mol. The van der Waals surface area contributed by atoms with Crippen LogP contribution in [-0.4, -0.2) is 11.8 Å². The van der Waals surface area contributed by atoms with E-state index in [-0.39, 0.29) is 5.69 Å². The Morgan fingerprint density at radius 2 is 1.52 bits per heavy atom. The van der Waals surface area contributed by atoms with Crippen LogP contribution in [0.15, 0.2) is 40.9 Å². The van der Waals surface area contributed by atoms with Crippen LogP contribution < -0.4 is 10.6 Å². The Balaban J connectivity index is 1.92. The van der Waals surface area contributed by atoms with Crippen molar-refractivity contribution in [2.45, 2.75) is 13.3 Å². The molecule has 0 saturated heterocycles. The molecule has 2 N–H and O–H groups in total. The number of hydrogen-bond acceptors (Lipinski definition) is 2. The second kappa shape index (κ2) is 7.32. The van der Waals surface area contributed by atoms with E-state index in [1.165, 1.54) is 6.07 Å². The Kier molecular flexibility index (Phi) is 5.44. The Morgan fingerprint density at radius 1 is 0.957 bits per heavy atom. The molecule has 2 amide bonds. The minimum atomic E-state index is -1.07. The minimum absolute atomic E-state index is 0.0844.